The average molecular weight is 644 g/mol. The van der Waals surface area contributed by atoms with Gasteiger partial charge in [0.15, 0.2) is 0 Å². The van der Waals surface area contributed by atoms with Crippen molar-refractivity contribution in [3.63, 3.8) is 0 Å². The zero-order chi connectivity index (χ0) is 33.9. The number of amides is 3. The Bertz CT molecular complexity index is 1710. The van der Waals surface area contributed by atoms with Crippen LogP contribution in [-0.4, -0.2) is 74.1 Å². The minimum Gasteiger partial charge on any atom is -0.508 e. The first-order valence-electron chi connectivity index (χ1n) is 15.0. The number of aliphatic carboxylic acids is 2. The van der Waals surface area contributed by atoms with Crippen LogP contribution >= 0.6 is 0 Å². The van der Waals surface area contributed by atoms with Gasteiger partial charge in [-0.05, 0) is 41.3 Å². The van der Waals surface area contributed by atoms with Gasteiger partial charge in [0, 0.05) is 42.8 Å². The molecule has 47 heavy (non-hydrogen) atoms. The van der Waals surface area contributed by atoms with Crippen molar-refractivity contribution in [2.45, 2.75) is 56.3 Å². The smallest absolute Gasteiger partial charge is 0.326 e. The highest BCUT2D eigenvalue weighted by molar-refractivity contribution is 5.95. The number of aromatic amines is 1. The fraction of sp³-hybridized carbons (Fsp3) is 0.265. The topological polar surface area (TPSA) is 224 Å². The number of phenolic OH excluding ortho intramolecular Hbond substituents is 1. The van der Waals surface area contributed by atoms with Crippen LogP contribution < -0.4 is 21.7 Å². The number of fused-ring (bicyclic) bond motifs is 1. The first-order valence-corrected chi connectivity index (χ1v) is 15.0. The van der Waals surface area contributed by atoms with Crippen molar-refractivity contribution >= 4 is 40.6 Å². The van der Waals surface area contributed by atoms with Gasteiger partial charge in [-0.3, -0.25) is 19.2 Å². The van der Waals surface area contributed by atoms with Crippen molar-refractivity contribution in [3.8, 4) is 5.75 Å². The molecule has 4 rings (SSSR count). The van der Waals surface area contributed by atoms with E-state index in [-0.39, 0.29) is 37.9 Å². The number of carbonyl (C=O) groups is 5. The third kappa shape index (κ3) is 9.90. The summed E-state index contributed by atoms with van der Waals surface area (Å²) in [6.07, 6.45) is 1.11. The maximum atomic E-state index is 13.9. The number of carboxylic acids is 2. The van der Waals surface area contributed by atoms with Gasteiger partial charge in [-0.1, -0.05) is 60.7 Å². The van der Waals surface area contributed by atoms with E-state index in [1.54, 1.807) is 48.7 Å². The molecule has 1 aromatic heterocycles. The van der Waals surface area contributed by atoms with E-state index in [2.05, 4.69) is 20.9 Å². The Balaban J connectivity index is 1.60. The lowest BCUT2D eigenvalue weighted by molar-refractivity contribution is -0.142. The van der Waals surface area contributed by atoms with Crippen LogP contribution in [0.5, 0.6) is 5.75 Å². The molecule has 13 heteroatoms. The molecule has 0 aliphatic heterocycles. The molecule has 0 fully saturated rings. The van der Waals surface area contributed by atoms with Crippen molar-refractivity contribution in [1.82, 2.24) is 20.9 Å². The van der Waals surface area contributed by atoms with Crippen LogP contribution in [0.3, 0.4) is 0 Å². The van der Waals surface area contributed by atoms with Crippen LogP contribution in [-0.2, 0) is 43.2 Å². The molecule has 3 amide bonds. The first kappa shape index (κ1) is 34.2. The number of carbonyl (C=O) groups excluding carboxylic acids is 3. The Morgan fingerprint density at radius 3 is 1.89 bits per heavy atom. The van der Waals surface area contributed by atoms with Gasteiger partial charge in [0.2, 0.25) is 17.7 Å². The third-order valence-corrected chi connectivity index (χ3v) is 7.64. The molecule has 0 spiro atoms. The van der Waals surface area contributed by atoms with Gasteiger partial charge in [-0.25, -0.2) is 4.79 Å². The molecule has 0 radical (unpaired) electrons. The molecule has 13 nitrogen and oxygen atoms in total. The van der Waals surface area contributed by atoms with Crippen LogP contribution in [0.25, 0.3) is 10.9 Å². The lowest BCUT2D eigenvalue weighted by atomic mass is 10.0. The number of H-pyrrole nitrogens is 1. The van der Waals surface area contributed by atoms with Gasteiger partial charge >= 0.3 is 11.9 Å². The fourth-order valence-electron chi connectivity index (χ4n) is 5.09. The molecule has 0 saturated heterocycles. The summed E-state index contributed by atoms with van der Waals surface area (Å²) in [7, 11) is 0. The van der Waals surface area contributed by atoms with Crippen LogP contribution in [0.4, 0.5) is 0 Å². The Morgan fingerprint density at radius 2 is 1.23 bits per heavy atom. The molecule has 0 saturated carbocycles. The molecular formula is C34H37N5O8. The number of hydrogen-bond acceptors (Lipinski definition) is 7. The Hall–Kier alpha value is -5.69. The summed E-state index contributed by atoms with van der Waals surface area (Å²) >= 11 is 0. The number of carboxylic acid groups (broad SMARTS) is 2. The largest absolute Gasteiger partial charge is 0.508 e. The number of nitrogens with two attached hydrogens (primary N) is 1. The molecule has 246 valence electrons. The number of phenols is 1. The Kier molecular flexibility index (Phi) is 11.7. The fourth-order valence-corrected chi connectivity index (χ4v) is 5.09. The summed E-state index contributed by atoms with van der Waals surface area (Å²) in [5, 5.41) is 37.2. The number of aromatic nitrogens is 1. The highest BCUT2D eigenvalue weighted by atomic mass is 16.4. The molecular weight excluding hydrogens is 606 g/mol. The molecule has 0 bridgehead atoms. The zero-order valence-corrected chi connectivity index (χ0v) is 25.4. The van der Waals surface area contributed by atoms with Crippen molar-refractivity contribution in [2.24, 2.45) is 5.73 Å². The Morgan fingerprint density at radius 1 is 0.681 bits per heavy atom. The van der Waals surface area contributed by atoms with E-state index in [1.165, 1.54) is 12.1 Å². The van der Waals surface area contributed by atoms with Gasteiger partial charge in [0.25, 0.3) is 0 Å². The number of rotatable bonds is 16. The SMILES string of the molecule is N[C@@H](CCC(=O)O)C(=O)N[C@@H](Cc1c[nH]c2ccccc12)C(=O)N[C@@H](Cc1ccc(O)cc1)C(=O)N[C@@H](Cc1ccccc1)C(=O)O. The van der Waals surface area contributed by atoms with Gasteiger partial charge in [0.1, 0.15) is 23.9 Å². The van der Waals surface area contributed by atoms with Crippen molar-refractivity contribution in [3.05, 3.63) is 102 Å². The highest BCUT2D eigenvalue weighted by Crippen LogP contribution is 2.20. The summed E-state index contributed by atoms with van der Waals surface area (Å²) in [6, 6.07) is 17.0. The van der Waals surface area contributed by atoms with E-state index in [0.717, 1.165) is 10.9 Å². The standard InChI is InChI=1S/C34H37N5O8/c35-25(14-15-30(41)42)31(43)37-28(18-22-19-36-26-9-5-4-8-24(22)26)33(45)38-27(16-21-10-12-23(40)13-11-21)32(44)39-29(34(46)47)17-20-6-2-1-3-7-20/h1-13,19,25,27-29,36,40H,14-18,35H2,(H,37,43)(H,38,45)(H,39,44)(H,41,42)(H,46,47)/t25-,27-,28-,29-/m0/s1. The van der Waals surface area contributed by atoms with E-state index >= 15 is 0 Å². The lowest BCUT2D eigenvalue weighted by Gasteiger charge is -2.25. The van der Waals surface area contributed by atoms with E-state index < -0.39 is 53.8 Å². The predicted molar refractivity (Wildman–Crippen MR) is 172 cm³/mol. The minimum absolute atomic E-state index is 0.00470. The van der Waals surface area contributed by atoms with Gasteiger partial charge in [-0.15, -0.1) is 0 Å². The van der Waals surface area contributed by atoms with Crippen LogP contribution in [0.15, 0.2) is 85.1 Å². The van der Waals surface area contributed by atoms with Crippen molar-refractivity contribution < 1.29 is 39.3 Å². The summed E-state index contributed by atoms with van der Waals surface area (Å²) in [5.74, 6) is -4.67. The maximum Gasteiger partial charge on any atom is 0.326 e. The summed E-state index contributed by atoms with van der Waals surface area (Å²) in [4.78, 5) is 66.8. The Labute approximate surface area is 270 Å². The second kappa shape index (κ2) is 16.0. The quantitative estimate of drug-likeness (QED) is 0.0887. The number of hydrogen-bond donors (Lipinski definition) is 8. The second-order valence-corrected chi connectivity index (χ2v) is 11.2. The third-order valence-electron chi connectivity index (χ3n) is 7.64. The monoisotopic (exact) mass is 643 g/mol. The van der Waals surface area contributed by atoms with Crippen molar-refractivity contribution in [1.29, 1.82) is 0 Å². The summed E-state index contributed by atoms with van der Waals surface area (Å²) < 4.78 is 0. The molecule has 4 atom stereocenters. The molecule has 0 aliphatic carbocycles. The summed E-state index contributed by atoms with van der Waals surface area (Å²) in [5.41, 5.74) is 8.66. The van der Waals surface area contributed by atoms with Crippen LogP contribution in [0, 0.1) is 0 Å². The number of para-hydroxylation sites is 1. The first-order chi connectivity index (χ1) is 22.5. The molecule has 1 heterocycles. The number of aromatic hydroxyl groups is 1. The molecule has 0 unspecified atom stereocenters. The number of nitrogens with one attached hydrogen (secondary N) is 4. The van der Waals surface area contributed by atoms with Crippen LogP contribution in [0.1, 0.15) is 29.5 Å². The van der Waals surface area contributed by atoms with E-state index in [4.69, 9.17) is 10.8 Å². The molecule has 9 N–H and O–H groups in total. The molecule has 4 aromatic rings. The normalized spacial score (nSPS) is 13.6. The van der Waals surface area contributed by atoms with E-state index in [9.17, 15) is 34.2 Å². The van der Waals surface area contributed by atoms with Crippen LogP contribution in [0.2, 0.25) is 0 Å². The second-order valence-electron chi connectivity index (χ2n) is 11.2. The van der Waals surface area contributed by atoms with Gasteiger partial charge in [-0.2, -0.15) is 0 Å². The van der Waals surface area contributed by atoms with Gasteiger partial charge < -0.3 is 42.0 Å². The molecule has 3 aromatic carbocycles. The predicted octanol–water partition coefficient (Wildman–Crippen LogP) is 1.63. The van der Waals surface area contributed by atoms with E-state index in [0.29, 0.717) is 16.7 Å². The van der Waals surface area contributed by atoms with Gasteiger partial charge in [0.05, 0.1) is 6.04 Å². The zero-order valence-electron chi connectivity index (χ0n) is 25.4. The minimum atomic E-state index is -1.31. The lowest BCUT2D eigenvalue weighted by Crippen LogP contribution is -2.58. The summed E-state index contributed by atoms with van der Waals surface area (Å²) in [6.45, 7) is 0. The van der Waals surface area contributed by atoms with E-state index in [1.807, 2.05) is 24.3 Å². The highest BCUT2D eigenvalue weighted by Gasteiger charge is 2.31. The molecule has 0 aliphatic rings. The number of benzene rings is 3. The maximum absolute atomic E-state index is 13.9. The average Bonchev–Trinajstić information content (AvgIpc) is 3.46. The van der Waals surface area contributed by atoms with Crippen molar-refractivity contribution in [2.75, 3.05) is 0 Å².